The summed E-state index contributed by atoms with van der Waals surface area (Å²) < 4.78 is 1.95. The first kappa shape index (κ1) is 9.52. The average Bonchev–Trinajstić information content (AvgIpc) is 2.71. The van der Waals surface area contributed by atoms with Crippen molar-refractivity contribution >= 4 is 5.97 Å². The van der Waals surface area contributed by atoms with Crippen molar-refractivity contribution in [2.45, 2.75) is 6.54 Å². The molecule has 0 saturated heterocycles. The topological polar surface area (TPSA) is 42.2 Å². The Hall–Kier alpha value is -2.03. The van der Waals surface area contributed by atoms with Crippen molar-refractivity contribution in [1.29, 1.82) is 0 Å². The quantitative estimate of drug-likeness (QED) is 0.827. The first-order chi connectivity index (χ1) is 7.27. The van der Waals surface area contributed by atoms with Crippen molar-refractivity contribution in [2.24, 2.45) is 0 Å². The minimum Gasteiger partial charge on any atom is -0.478 e. The molecular weight excluding hydrogens is 190 g/mol. The summed E-state index contributed by atoms with van der Waals surface area (Å²) in [5.74, 6) is -0.877. The van der Waals surface area contributed by atoms with E-state index in [0.29, 0.717) is 12.1 Å². The third kappa shape index (κ3) is 2.07. The molecule has 3 nitrogen and oxygen atoms in total. The van der Waals surface area contributed by atoms with Crippen molar-refractivity contribution < 1.29 is 9.90 Å². The number of aromatic nitrogens is 1. The smallest absolute Gasteiger partial charge is 0.336 e. The summed E-state index contributed by atoms with van der Waals surface area (Å²) in [5.41, 5.74) is 1.19. The van der Waals surface area contributed by atoms with Gasteiger partial charge in [0.2, 0.25) is 0 Å². The van der Waals surface area contributed by atoms with Crippen LogP contribution >= 0.6 is 0 Å². The molecule has 1 aromatic heterocycles. The molecule has 2 aromatic rings. The molecule has 0 amide bonds. The Bertz CT molecular complexity index is 460. The minimum absolute atomic E-state index is 0.367. The SMILES string of the molecule is O=C(O)c1ccccc1Cn1cccc1. The van der Waals surface area contributed by atoms with E-state index in [9.17, 15) is 4.79 Å². The molecule has 1 N–H and O–H groups in total. The summed E-state index contributed by atoms with van der Waals surface area (Å²) in [5, 5.41) is 8.99. The molecule has 1 heterocycles. The molecule has 1 aromatic carbocycles. The lowest BCUT2D eigenvalue weighted by Gasteiger charge is -2.06. The fourth-order valence-corrected chi connectivity index (χ4v) is 1.54. The van der Waals surface area contributed by atoms with E-state index in [1.807, 2.05) is 41.2 Å². The highest BCUT2D eigenvalue weighted by atomic mass is 16.4. The highest BCUT2D eigenvalue weighted by molar-refractivity contribution is 5.89. The van der Waals surface area contributed by atoms with Gasteiger partial charge in [-0.3, -0.25) is 0 Å². The molecule has 76 valence electrons. The molecule has 0 radical (unpaired) electrons. The Morgan fingerprint density at radius 1 is 1.13 bits per heavy atom. The Balaban J connectivity index is 2.32. The first-order valence-electron chi connectivity index (χ1n) is 4.69. The summed E-state index contributed by atoms with van der Waals surface area (Å²) >= 11 is 0. The molecule has 0 saturated carbocycles. The van der Waals surface area contributed by atoms with Crippen LogP contribution < -0.4 is 0 Å². The maximum absolute atomic E-state index is 10.9. The molecule has 0 unspecified atom stereocenters. The molecule has 0 aliphatic carbocycles. The number of hydrogen-bond donors (Lipinski definition) is 1. The maximum Gasteiger partial charge on any atom is 0.336 e. The van der Waals surface area contributed by atoms with Gasteiger partial charge >= 0.3 is 5.97 Å². The standard InChI is InChI=1S/C12H11NO2/c14-12(15)11-6-2-1-5-10(11)9-13-7-3-4-8-13/h1-8H,9H2,(H,14,15). The van der Waals surface area contributed by atoms with Crippen molar-refractivity contribution in [3.63, 3.8) is 0 Å². The average molecular weight is 201 g/mol. The van der Waals surface area contributed by atoms with Crippen molar-refractivity contribution in [3.05, 3.63) is 59.9 Å². The second kappa shape index (κ2) is 4.00. The Kier molecular flexibility index (Phi) is 2.54. The first-order valence-corrected chi connectivity index (χ1v) is 4.69. The van der Waals surface area contributed by atoms with Gasteiger partial charge in [0.05, 0.1) is 5.56 Å². The molecule has 0 spiro atoms. The molecule has 0 atom stereocenters. The molecule has 2 rings (SSSR count). The van der Waals surface area contributed by atoms with Gasteiger partial charge in [-0.05, 0) is 23.8 Å². The maximum atomic E-state index is 10.9. The second-order valence-electron chi connectivity index (χ2n) is 3.32. The van der Waals surface area contributed by atoms with E-state index in [1.165, 1.54) is 0 Å². The predicted octanol–water partition coefficient (Wildman–Crippen LogP) is 2.23. The van der Waals surface area contributed by atoms with Crippen LogP contribution in [0.5, 0.6) is 0 Å². The van der Waals surface area contributed by atoms with E-state index in [2.05, 4.69) is 0 Å². The monoisotopic (exact) mass is 201 g/mol. The zero-order chi connectivity index (χ0) is 10.7. The lowest BCUT2D eigenvalue weighted by Crippen LogP contribution is -2.05. The number of carboxylic acids is 1. The molecular formula is C12H11NO2. The fourth-order valence-electron chi connectivity index (χ4n) is 1.54. The third-order valence-electron chi connectivity index (χ3n) is 2.27. The Labute approximate surface area is 87.6 Å². The highest BCUT2D eigenvalue weighted by Gasteiger charge is 2.08. The van der Waals surface area contributed by atoms with Crippen molar-refractivity contribution in [2.75, 3.05) is 0 Å². The molecule has 0 bridgehead atoms. The number of hydrogen-bond acceptors (Lipinski definition) is 1. The summed E-state index contributed by atoms with van der Waals surface area (Å²) in [6, 6.07) is 10.9. The van der Waals surface area contributed by atoms with Crippen LogP contribution in [0.25, 0.3) is 0 Å². The van der Waals surface area contributed by atoms with E-state index >= 15 is 0 Å². The van der Waals surface area contributed by atoms with Crippen molar-refractivity contribution in [1.82, 2.24) is 4.57 Å². The zero-order valence-electron chi connectivity index (χ0n) is 8.13. The van der Waals surface area contributed by atoms with Gasteiger partial charge in [0.15, 0.2) is 0 Å². The molecule has 0 aliphatic heterocycles. The number of benzene rings is 1. The summed E-state index contributed by atoms with van der Waals surface area (Å²) in [7, 11) is 0. The second-order valence-corrected chi connectivity index (χ2v) is 3.32. The van der Waals surface area contributed by atoms with E-state index in [4.69, 9.17) is 5.11 Å². The fraction of sp³-hybridized carbons (Fsp3) is 0.0833. The van der Waals surface area contributed by atoms with E-state index in [-0.39, 0.29) is 0 Å². The van der Waals surface area contributed by atoms with Gasteiger partial charge in [-0.2, -0.15) is 0 Å². The van der Waals surface area contributed by atoms with Crippen LogP contribution in [0.4, 0.5) is 0 Å². The molecule has 15 heavy (non-hydrogen) atoms. The van der Waals surface area contributed by atoms with Crippen LogP contribution in [0.15, 0.2) is 48.8 Å². The van der Waals surface area contributed by atoms with Gasteiger partial charge < -0.3 is 9.67 Å². The predicted molar refractivity (Wildman–Crippen MR) is 56.9 cm³/mol. The zero-order valence-corrected chi connectivity index (χ0v) is 8.13. The molecule has 0 aliphatic rings. The van der Waals surface area contributed by atoms with Gasteiger partial charge in [0, 0.05) is 18.9 Å². The lowest BCUT2D eigenvalue weighted by molar-refractivity contribution is 0.0695. The normalized spacial score (nSPS) is 10.1. The molecule has 0 fully saturated rings. The largest absolute Gasteiger partial charge is 0.478 e. The van der Waals surface area contributed by atoms with Crippen LogP contribution in [-0.4, -0.2) is 15.6 Å². The molecule has 3 heteroatoms. The lowest BCUT2D eigenvalue weighted by atomic mass is 10.1. The third-order valence-corrected chi connectivity index (χ3v) is 2.27. The number of nitrogens with zero attached hydrogens (tertiary/aromatic N) is 1. The number of aromatic carboxylic acids is 1. The summed E-state index contributed by atoms with van der Waals surface area (Å²) in [4.78, 5) is 10.9. The Morgan fingerprint density at radius 3 is 2.47 bits per heavy atom. The van der Waals surface area contributed by atoms with Crippen molar-refractivity contribution in [3.8, 4) is 0 Å². The van der Waals surface area contributed by atoms with Gasteiger partial charge in [0.1, 0.15) is 0 Å². The van der Waals surface area contributed by atoms with Crippen LogP contribution in [0, 0.1) is 0 Å². The number of rotatable bonds is 3. The summed E-state index contributed by atoms with van der Waals surface area (Å²) in [6.45, 7) is 0.593. The van der Waals surface area contributed by atoms with Crippen LogP contribution in [0.2, 0.25) is 0 Å². The van der Waals surface area contributed by atoms with Gasteiger partial charge in [-0.25, -0.2) is 4.79 Å². The number of carboxylic acid groups (broad SMARTS) is 1. The van der Waals surface area contributed by atoms with Gasteiger partial charge in [-0.1, -0.05) is 18.2 Å². The van der Waals surface area contributed by atoms with Gasteiger partial charge in [-0.15, -0.1) is 0 Å². The highest BCUT2D eigenvalue weighted by Crippen LogP contribution is 2.10. The van der Waals surface area contributed by atoms with E-state index in [1.54, 1.807) is 12.1 Å². The number of carbonyl (C=O) groups is 1. The Morgan fingerprint density at radius 2 is 1.80 bits per heavy atom. The van der Waals surface area contributed by atoms with Crippen LogP contribution in [0.3, 0.4) is 0 Å². The van der Waals surface area contributed by atoms with Gasteiger partial charge in [0.25, 0.3) is 0 Å². The van der Waals surface area contributed by atoms with E-state index < -0.39 is 5.97 Å². The van der Waals surface area contributed by atoms with Crippen LogP contribution in [0.1, 0.15) is 15.9 Å². The minimum atomic E-state index is -0.877. The van der Waals surface area contributed by atoms with E-state index in [0.717, 1.165) is 5.56 Å². The summed E-state index contributed by atoms with van der Waals surface area (Å²) in [6.07, 6.45) is 3.83. The van der Waals surface area contributed by atoms with Crippen LogP contribution in [-0.2, 0) is 6.54 Å².